The van der Waals surface area contributed by atoms with E-state index in [0.717, 1.165) is 22.9 Å². The van der Waals surface area contributed by atoms with Crippen molar-refractivity contribution in [2.45, 2.75) is 31.8 Å². The maximum atomic E-state index is 12.8. The highest BCUT2D eigenvalue weighted by molar-refractivity contribution is 5.92. The molecule has 3 heterocycles. The number of nitrogens with zero attached hydrogens (tertiary/aromatic N) is 1. The molecule has 1 aliphatic rings. The smallest absolute Gasteiger partial charge is 0.243 e. The molecule has 1 saturated heterocycles. The van der Waals surface area contributed by atoms with Gasteiger partial charge in [-0.3, -0.25) is 9.59 Å². The molecule has 4 rings (SSSR count). The zero-order valence-electron chi connectivity index (χ0n) is 14.4. The molecule has 26 heavy (non-hydrogen) atoms. The lowest BCUT2D eigenvalue weighted by Crippen LogP contribution is -2.46. The highest BCUT2D eigenvalue weighted by Crippen LogP contribution is 2.22. The molecule has 6 nitrogen and oxygen atoms in total. The van der Waals surface area contributed by atoms with Crippen molar-refractivity contribution < 1.29 is 14.0 Å². The van der Waals surface area contributed by atoms with Crippen LogP contribution in [0.25, 0.3) is 10.9 Å². The van der Waals surface area contributed by atoms with Crippen molar-refractivity contribution in [2.75, 3.05) is 6.54 Å². The third-order valence-corrected chi connectivity index (χ3v) is 4.91. The van der Waals surface area contributed by atoms with Crippen molar-refractivity contribution in [3.05, 3.63) is 60.2 Å². The number of aromatic nitrogens is 1. The second kappa shape index (κ2) is 7.07. The molecule has 0 spiro atoms. The predicted octanol–water partition coefficient (Wildman–Crippen LogP) is 2.61. The normalized spacial score (nSPS) is 16.9. The standard InChI is InChI=1S/C20H21N3O3/c24-19(11-14-12-21-17-7-2-1-6-16(14)17)23-9-3-8-18(23)20(25)22-13-15-5-4-10-26-15/h1-2,4-7,10,12,18,21H,3,8-9,11,13H2,(H,22,25). The molecule has 0 bridgehead atoms. The van der Waals surface area contributed by atoms with Gasteiger partial charge in [-0.05, 0) is 36.6 Å². The first-order valence-electron chi connectivity index (χ1n) is 8.87. The molecule has 0 radical (unpaired) electrons. The van der Waals surface area contributed by atoms with Gasteiger partial charge in [0.25, 0.3) is 0 Å². The number of rotatable bonds is 5. The summed E-state index contributed by atoms with van der Waals surface area (Å²) in [4.78, 5) is 30.2. The molecule has 0 saturated carbocycles. The van der Waals surface area contributed by atoms with Gasteiger partial charge in [0, 0.05) is 23.6 Å². The number of hydrogen-bond acceptors (Lipinski definition) is 3. The van der Waals surface area contributed by atoms with E-state index in [9.17, 15) is 9.59 Å². The first-order valence-corrected chi connectivity index (χ1v) is 8.87. The van der Waals surface area contributed by atoms with Crippen LogP contribution in [0.2, 0.25) is 0 Å². The molecule has 1 fully saturated rings. The fraction of sp³-hybridized carbons (Fsp3) is 0.300. The van der Waals surface area contributed by atoms with E-state index in [1.165, 1.54) is 0 Å². The first kappa shape index (κ1) is 16.4. The number of hydrogen-bond donors (Lipinski definition) is 2. The van der Waals surface area contributed by atoms with Crippen LogP contribution in [0.15, 0.2) is 53.3 Å². The Morgan fingerprint density at radius 3 is 2.96 bits per heavy atom. The van der Waals surface area contributed by atoms with Gasteiger partial charge in [0.15, 0.2) is 0 Å². The van der Waals surface area contributed by atoms with Crippen molar-refractivity contribution in [1.29, 1.82) is 0 Å². The number of H-pyrrole nitrogens is 1. The van der Waals surface area contributed by atoms with Crippen LogP contribution in [0.5, 0.6) is 0 Å². The molecule has 0 aliphatic carbocycles. The van der Waals surface area contributed by atoms with Gasteiger partial charge in [-0.25, -0.2) is 0 Å². The minimum Gasteiger partial charge on any atom is -0.467 e. The van der Waals surface area contributed by atoms with Gasteiger partial charge < -0.3 is 19.6 Å². The second-order valence-corrected chi connectivity index (χ2v) is 6.58. The molecule has 2 aromatic heterocycles. The Hall–Kier alpha value is -3.02. The Balaban J connectivity index is 1.42. The summed E-state index contributed by atoms with van der Waals surface area (Å²) in [5, 5.41) is 3.92. The van der Waals surface area contributed by atoms with Crippen LogP contribution in [0, 0.1) is 0 Å². The van der Waals surface area contributed by atoms with E-state index in [0.29, 0.717) is 31.7 Å². The number of carbonyl (C=O) groups is 2. The highest BCUT2D eigenvalue weighted by Gasteiger charge is 2.34. The van der Waals surface area contributed by atoms with E-state index in [1.54, 1.807) is 17.2 Å². The average Bonchev–Trinajstić information content (AvgIpc) is 3.40. The minimum atomic E-state index is -0.400. The third kappa shape index (κ3) is 3.22. The number of fused-ring (bicyclic) bond motifs is 1. The summed E-state index contributed by atoms with van der Waals surface area (Å²) in [6, 6.07) is 11.1. The SMILES string of the molecule is O=C(NCc1ccco1)C1CCCN1C(=O)Cc1c[nH]c2ccccc12. The zero-order valence-corrected chi connectivity index (χ0v) is 14.4. The molecule has 3 aromatic rings. The molecule has 1 aliphatic heterocycles. The zero-order chi connectivity index (χ0) is 17.9. The summed E-state index contributed by atoms with van der Waals surface area (Å²) < 4.78 is 5.23. The number of furan rings is 1. The number of nitrogens with one attached hydrogen (secondary N) is 2. The van der Waals surface area contributed by atoms with Crippen LogP contribution in [-0.4, -0.2) is 34.3 Å². The van der Waals surface area contributed by atoms with Gasteiger partial charge in [-0.2, -0.15) is 0 Å². The van der Waals surface area contributed by atoms with E-state index in [2.05, 4.69) is 10.3 Å². The van der Waals surface area contributed by atoms with E-state index in [4.69, 9.17) is 4.42 Å². The lowest BCUT2D eigenvalue weighted by Gasteiger charge is -2.23. The molecule has 2 amide bonds. The lowest BCUT2D eigenvalue weighted by molar-refractivity contribution is -0.138. The largest absolute Gasteiger partial charge is 0.467 e. The minimum absolute atomic E-state index is 0.00889. The Morgan fingerprint density at radius 1 is 1.23 bits per heavy atom. The topological polar surface area (TPSA) is 78.3 Å². The number of aromatic amines is 1. The third-order valence-electron chi connectivity index (χ3n) is 4.91. The molecule has 1 aromatic carbocycles. The Morgan fingerprint density at radius 2 is 2.12 bits per heavy atom. The number of carbonyl (C=O) groups excluding carboxylic acids is 2. The predicted molar refractivity (Wildman–Crippen MR) is 97.3 cm³/mol. The van der Waals surface area contributed by atoms with Crippen molar-refractivity contribution in [3.63, 3.8) is 0 Å². The summed E-state index contributed by atoms with van der Waals surface area (Å²) in [7, 11) is 0. The van der Waals surface area contributed by atoms with Crippen LogP contribution in [0.1, 0.15) is 24.2 Å². The van der Waals surface area contributed by atoms with Gasteiger partial charge >= 0.3 is 0 Å². The summed E-state index contributed by atoms with van der Waals surface area (Å²) in [6.07, 6.45) is 5.30. The van der Waals surface area contributed by atoms with Crippen molar-refractivity contribution in [1.82, 2.24) is 15.2 Å². The quantitative estimate of drug-likeness (QED) is 0.742. The number of likely N-dealkylation sites (tertiary alicyclic amines) is 1. The van der Waals surface area contributed by atoms with E-state index < -0.39 is 6.04 Å². The molecular formula is C20H21N3O3. The summed E-state index contributed by atoms with van der Waals surface area (Å²) >= 11 is 0. The van der Waals surface area contributed by atoms with Crippen LogP contribution in [0.4, 0.5) is 0 Å². The van der Waals surface area contributed by atoms with E-state index >= 15 is 0 Å². The number of benzene rings is 1. The Kier molecular flexibility index (Phi) is 4.48. The van der Waals surface area contributed by atoms with Gasteiger partial charge in [0.2, 0.25) is 11.8 Å². The molecule has 1 unspecified atom stereocenters. The monoisotopic (exact) mass is 351 g/mol. The van der Waals surface area contributed by atoms with E-state index in [1.807, 2.05) is 36.5 Å². The first-order chi connectivity index (χ1) is 12.7. The maximum Gasteiger partial charge on any atom is 0.243 e. The van der Waals surface area contributed by atoms with Gasteiger partial charge in [-0.15, -0.1) is 0 Å². The van der Waals surface area contributed by atoms with Crippen molar-refractivity contribution in [2.24, 2.45) is 0 Å². The average molecular weight is 351 g/mol. The summed E-state index contributed by atoms with van der Waals surface area (Å²) in [5.41, 5.74) is 1.98. The summed E-state index contributed by atoms with van der Waals surface area (Å²) in [6.45, 7) is 0.965. The van der Waals surface area contributed by atoms with Gasteiger partial charge in [-0.1, -0.05) is 18.2 Å². The van der Waals surface area contributed by atoms with Crippen LogP contribution >= 0.6 is 0 Å². The van der Waals surface area contributed by atoms with Crippen LogP contribution in [-0.2, 0) is 22.6 Å². The van der Waals surface area contributed by atoms with Crippen LogP contribution < -0.4 is 5.32 Å². The number of amides is 2. The highest BCUT2D eigenvalue weighted by atomic mass is 16.3. The van der Waals surface area contributed by atoms with Crippen molar-refractivity contribution >= 4 is 22.7 Å². The number of para-hydroxylation sites is 1. The molecule has 134 valence electrons. The fourth-order valence-electron chi connectivity index (χ4n) is 3.59. The molecular weight excluding hydrogens is 330 g/mol. The van der Waals surface area contributed by atoms with E-state index in [-0.39, 0.29) is 11.8 Å². The Labute approximate surface area is 151 Å². The molecule has 1 atom stereocenters. The second-order valence-electron chi connectivity index (χ2n) is 6.58. The Bertz CT molecular complexity index is 913. The van der Waals surface area contributed by atoms with Crippen LogP contribution in [0.3, 0.4) is 0 Å². The molecule has 2 N–H and O–H groups in total. The van der Waals surface area contributed by atoms with Gasteiger partial charge in [0.1, 0.15) is 11.8 Å². The van der Waals surface area contributed by atoms with Gasteiger partial charge in [0.05, 0.1) is 19.2 Å². The maximum absolute atomic E-state index is 12.8. The summed E-state index contributed by atoms with van der Waals surface area (Å²) in [5.74, 6) is 0.574. The fourth-order valence-corrected chi connectivity index (χ4v) is 3.59. The molecule has 6 heteroatoms. The lowest BCUT2D eigenvalue weighted by atomic mass is 10.1. The van der Waals surface area contributed by atoms with Crippen molar-refractivity contribution in [3.8, 4) is 0 Å².